The molecule has 24 valence electrons. The van der Waals surface area contributed by atoms with Crippen LogP contribution in [0.4, 0.5) is 0 Å². The maximum absolute atomic E-state index is 6.75. The molecule has 0 heterocycles. The van der Waals surface area contributed by atoms with Gasteiger partial charge in [0.2, 0.25) is 0 Å². The Morgan fingerprint density at radius 3 is 1.20 bits per heavy atom. The third-order valence-electron chi connectivity index (χ3n) is 0. The fourth-order valence-electron chi connectivity index (χ4n) is 0. The van der Waals surface area contributed by atoms with Crippen LogP contribution in [0.25, 0.3) is 16.0 Å². The Morgan fingerprint density at radius 2 is 1.20 bits per heavy atom. The molecule has 0 saturated heterocycles. The van der Waals surface area contributed by atoms with Gasteiger partial charge in [-0.25, -0.2) is 0 Å². The van der Waals surface area contributed by atoms with E-state index in [1.807, 2.05) is 0 Å². The Kier molecular flexibility index (Phi) is 176. The predicted molar refractivity (Wildman–Crippen MR) is 13.7 cm³/mol. The molecular weight excluding hydrogens is 65.0 g/mol. The van der Waals surface area contributed by atoms with Gasteiger partial charge in [-0.2, -0.15) is 0 Å². The van der Waals surface area contributed by atoms with Crippen LogP contribution in [-0.4, -0.2) is 5.48 Å². The summed E-state index contributed by atoms with van der Waals surface area (Å²) in [4.78, 5) is 1.50. The van der Waals surface area contributed by atoms with Gasteiger partial charge in [-0.15, -0.1) is 0 Å². The van der Waals surface area contributed by atoms with Crippen molar-refractivity contribution < 1.29 is 24.3 Å². The van der Waals surface area contributed by atoms with E-state index in [1.165, 1.54) is 4.91 Å². The Labute approximate surface area is 41.1 Å². The molecule has 0 aliphatic heterocycles. The molecule has 0 amide bonds. The fourth-order valence-corrected chi connectivity index (χ4v) is 0. The van der Waals surface area contributed by atoms with Crippen LogP contribution in [0.15, 0.2) is 0 Å². The van der Waals surface area contributed by atoms with Gasteiger partial charge < -0.3 is 16.5 Å². The van der Waals surface area contributed by atoms with Gasteiger partial charge in [-0.3, -0.25) is 4.91 Å². The summed E-state index contributed by atoms with van der Waals surface area (Å²) in [5.41, 5.74) is 13.5. The Morgan fingerprint density at radius 1 is 1.20 bits per heavy atom. The van der Waals surface area contributed by atoms with E-state index in [2.05, 4.69) is 0 Å². The molecule has 0 aromatic carbocycles. The molecule has 0 aromatic rings. The molecule has 5 heavy (non-hydrogen) atoms. The zero-order chi connectivity index (χ0) is 2.71. The second kappa shape index (κ2) is 42.3. The zero-order valence-corrected chi connectivity index (χ0v) is 2.84. The second-order valence-corrected chi connectivity index (χ2v) is 0.0894. The van der Waals surface area contributed by atoms with Crippen LogP contribution >= 0.6 is 0 Å². The molecule has 0 fully saturated rings. The molecule has 0 saturated carbocycles. The molecule has 0 atom stereocenters. The third-order valence-corrected chi connectivity index (χ3v) is 0. The molecule has 0 radical (unpaired) electrons. The van der Waals surface area contributed by atoms with Crippen LogP contribution in [0.5, 0.6) is 0 Å². The van der Waals surface area contributed by atoms with Crippen molar-refractivity contribution in [3.63, 3.8) is 0 Å². The third kappa shape index (κ3) is 767. The normalized spacial score (nSPS) is 1.60. The number of hydrogen-bond acceptors (Lipinski definition) is 0. The number of nitrogens with zero attached hydrogens (tertiary/aromatic N) is 3. The SMILES string of the molecule is O.[Li+].[N-]=[N+]=[N-]. The first-order valence-corrected chi connectivity index (χ1v) is 0.400. The van der Waals surface area contributed by atoms with Gasteiger partial charge >= 0.3 is 18.9 Å². The van der Waals surface area contributed by atoms with E-state index in [9.17, 15) is 0 Å². The quantitative estimate of drug-likeness (QED) is 0.125. The van der Waals surface area contributed by atoms with Crippen molar-refractivity contribution in [3.8, 4) is 0 Å². The van der Waals surface area contributed by atoms with Gasteiger partial charge in [-0.1, -0.05) is 0 Å². The molecule has 0 bridgehead atoms. The average molecular weight is 67.0 g/mol. The first-order valence-electron chi connectivity index (χ1n) is 0.400. The van der Waals surface area contributed by atoms with E-state index < -0.39 is 0 Å². The van der Waals surface area contributed by atoms with E-state index in [4.69, 9.17) is 11.1 Å². The van der Waals surface area contributed by atoms with Gasteiger partial charge in [0, 0.05) is 0 Å². The first kappa shape index (κ1) is 20.9. The van der Waals surface area contributed by atoms with Crippen LogP contribution < -0.4 is 18.9 Å². The van der Waals surface area contributed by atoms with Gasteiger partial charge in [0.25, 0.3) is 0 Å². The average Bonchev–Trinajstić information content (AvgIpc) is 0.918. The van der Waals surface area contributed by atoms with Crippen LogP contribution in [0.2, 0.25) is 0 Å². The summed E-state index contributed by atoms with van der Waals surface area (Å²) in [6.07, 6.45) is 0. The van der Waals surface area contributed by atoms with E-state index in [1.54, 1.807) is 0 Å². The smallest absolute Gasteiger partial charge is 0.412 e. The monoisotopic (exact) mass is 67.0 g/mol. The van der Waals surface area contributed by atoms with Crippen molar-refractivity contribution in [1.82, 2.24) is 0 Å². The maximum Gasteiger partial charge on any atom is 1.00 e. The largest absolute Gasteiger partial charge is 1.00 e. The summed E-state index contributed by atoms with van der Waals surface area (Å²) in [5, 5.41) is 0. The molecule has 0 aliphatic carbocycles. The summed E-state index contributed by atoms with van der Waals surface area (Å²) >= 11 is 0. The summed E-state index contributed by atoms with van der Waals surface area (Å²) in [6, 6.07) is 0. The molecule has 0 spiro atoms. The van der Waals surface area contributed by atoms with Crippen molar-refractivity contribution in [1.29, 1.82) is 0 Å². The summed E-state index contributed by atoms with van der Waals surface area (Å²) in [6.45, 7) is 0. The summed E-state index contributed by atoms with van der Waals surface area (Å²) < 4.78 is 0. The van der Waals surface area contributed by atoms with Crippen molar-refractivity contribution in [2.75, 3.05) is 0 Å². The van der Waals surface area contributed by atoms with Crippen molar-refractivity contribution in [3.05, 3.63) is 16.0 Å². The van der Waals surface area contributed by atoms with E-state index in [0.717, 1.165) is 0 Å². The molecular formula is H2LiN3O. The standard InChI is InChI=1S/Li.N3.H2O/c;1-3-2;/h;;1H2/q+1;-1;. The predicted octanol–water partition coefficient (Wildman–Crippen LogP) is -2.95. The minimum atomic E-state index is 0. The van der Waals surface area contributed by atoms with Crippen molar-refractivity contribution in [2.45, 2.75) is 0 Å². The molecule has 0 unspecified atom stereocenters. The second-order valence-electron chi connectivity index (χ2n) is 0.0894. The summed E-state index contributed by atoms with van der Waals surface area (Å²) in [5.74, 6) is 0. The maximum atomic E-state index is 6.75. The molecule has 0 aliphatic rings. The topological polar surface area (TPSA) is 90.2 Å². The molecule has 5 heteroatoms. The van der Waals surface area contributed by atoms with E-state index in [0.29, 0.717) is 0 Å². The Bertz CT molecular complexity index is 27.9. The fraction of sp³-hybridized carbons (Fsp3) is 0. The van der Waals surface area contributed by atoms with Crippen LogP contribution in [-0.2, 0) is 0 Å². The Hall–Kier alpha value is -0.133. The molecule has 0 rings (SSSR count). The summed E-state index contributed by atoms with van der Waals surface area (Å²) in [7, 11) is 0. The molecule has 4 nitrogen and oxygen atoms in total. The van der Waals surface area contributed by atoms with Gasteiger partial charge in [0.05, 0.1) is 0 Å². The minimum Gasteiger partial charge on any atom is -0.412 e. The van der Waals surface area contributed by atoms with E-state index >= 15 is 0 Å². The number of rotatable bonds is 0. The van der Waals surface area contributed by atoms with Gasteiger partial charge in [0.15, 0.2) is 0 Å². The molecule has 0 aromatic heterocycles. The van der Waals surface area contributed by atoms with E-state index in [-0.39, 0.29) is 24.3 Å². The van der Waals surface area contributed by atoms with Crippen molar-refractivity contribution >= 4 is 0 Å². The zero-order valence-electron chi connectivity index (χ0n) is 2.84. The van der Waals surface area contributed by atoms with Crippen LogP contribution in [0.3, 0.4) is 0 Å². The van der Waals surface area contributed by atoms with Crippen LogP contribution in [0.1, 0.15) is 0 Å². The van der Waals surface area contributed by atoms with Crippen molar-refractivity contribution in [2.24, 2.45) is 0 Å². The van der Waals surface area contributed by atoms with Gasteiger partial charge in [-0.05, 0) is 0 Å². The molecule has 2 N–H and O–H groups in total. The Balaban J connectivity index is -0.0000000200. The first-order chi connectivity index (χ1) is 1.41. The number of hydrogen-bond donors (Lipinski definition) is 0. The minimum absolute atomic E-state index is 0. The van der Waals surface area contributed by atoms with Gasteiger partial charge in [0.1, 0.15) is 0 Å². The van der Waals surface area contributed by atoms with Crippen LogP contribution in [0, 0.1) is 0 Å².